The van der Waals surface area contributed by atoms with Crippen LogP contribution in [-0.4, -0.2) is 25.3 Å². The lowest BCUT2D eigenvalue weighted by atomic mass is 10.1. The molecule has 0 amide bonds. The highest BCUT2D eigenvalue weighted by atomic mass is 16.5. The summed E-state index contributed by atoms with van der Waals surface area (Å²) in [5, 5.41) is 3.36. The van der Waals surface area contributed by atoms with E-state index in [0.717, 1.165) is 13.2 Å². The number of hydrogen-bond acceptors (Lipinski definition) is 2. The average molecular weight is 169 g/mol. The molecule has 2 unspecified atom stereocenters. The van der Waals surface area contributed by atoms with Gasteiger partial charge in [-0.25, -0.2) is 0 Å². The van der Waals surface area contributed by atoms with Gasteiger partial charge in [-0.2, -0.15) is 0 Å². The van der Waals surface area contributed by atoms with Crippen molar-refractivity contribution in [2.45, 2.75) is 38.3 Å². The second kappa shape index (κ2) is 5.33. The first-order chi connectivity index (χ1) is 5.83. The van der Waals surface area contributed by atoms with Crippen molar-refractivity contribution in [3.63, 3.8) is 0 Å². The summed E-state index contributed by atoms with van der Waals surface area (Å²) in [6, 6.07) is 0.399. The number of rotatable bonds is 4. The molecule has 0 aliphatic carbocycles. The standard InChI is InChI=1S/C10H19NO/c1-3-9(2)11-8-10-6-4-5-7-12-10/h3,9-11H,1,4-8H2,2H3. The molecule has 0 aromatic rings. The second-order valence-electron chi connectivity index (χ2n) is 3.42. The molecule has 1 rings (SSSR count). The fourth-order valence-electron chi connectivity index (χ4n) is 1.37. The van der Waals surface area contributed by atoms with E-state index in [0.29, 0.717) is 12.1 Å². The summed E-state index contributed by atoms with van der Waals surface area (Å²) in [6.07, 6.45) is 6.10. The summed E-state index contributed by atoms with van der Waals surface area (Å²) in [7, 11) is 0. The van der Waals surface area contributed by atoms with E-state index >= 15 is 0 Å². The fourth-order valence-corrected chi connectivity index (χ4v) is 1.37. The van der Waals surface area contributed by atoms with E-state index in [-0.39, 0.29) is 0 Å². The van der Waals surface area contributed by atoms with Gasteiger partial charge >= 0.3 is 0 Å². The quantitative estimate of drug-likeness (QED) is 0.647. The van der Waals surface area contributed by atoms with Gasteiger partial charge in [0.05, 0.1) is 6.10 Å². The van der Waals surface area contributed by atoms with Crippen LogP contribution in [0.4, 0.5) is 0 Å². The number of ether oxygens (including phenoxy) is 1. The molecule has 2 atom stereocenters. The minimum absolute atomic E-state index is 0.399. The van der Waals surface area contributed by atoms with Gasteiger partial charge in [0.25, 0.3) is 0 Å². The van der Waals surface area contributed by atoms with Crippen LogP contribution in [0.15, 0.2) is 12.7 Å². The van der Waals surface area contributed by atoms with E-state index < -0.39 is 0 Å². The minimum atomic E-state index is 0.399. The van der Waals surface area contributed by atoms with Crippen molar-refractivity contribution >= 4 is 0 Å². The molecule has 1 aliphatic heterocycles. The normalized spacial score (nSPS) is 26.6. The summed E-state index contributed by atoms with van der Waals surface area (Å²) in [4.78, 5) is 0. The molecule has 1 saturated heterocycles. The Balaban J connectivity index is 2.08. The van der Waals surface area contributed by atoms with E-state index in [1.165, 1.54) is 19.3 Å². The third-order valence-corrected chi connectivity index (χ3v) is 2.30. The summed E-state index contributed by atoms with van der Waals surface area (Å²) in [6.45, 7) is 7.73. The van der Waals surface area contributed by atoms with Crippen molar-refractivity contribution in [3.05, 3.63) is 12.7 Å². The first kappa shape index (κ1) is 9.75. The summed E-state index contributed by atoms with van der Waals surface area (Å²) in [5.74, 6) is 0. The van der Waals surface area contributed by atoms with E-state index in [1.54, 1.807) is 0 Å². The lowest BCUT2D eigenvalue weighted by Gasteiger charge is -2.23. The van der Waals surface area contributed by atoms with Crippen LogP contribution in [0.25, 0.3) is 0 Å². The molecule has 12 heavy (non-hydrogen) atoms. The molecule has 0 radical (unpaired) electrons. The van der Waals surface area contributed by atoms with Gasteiger partial charge in [0.15, 0.2) is 0 Å². The Bertz CT molecular complexity index is 130. The van der Waals surface area contributed by atoms with E-state index in [1.807, 2.05) is 6.08 Å². The van der Waals surface area contributed by atoms with Crippen LogP contribution >= 0.6 is 0 Å². The van der Waals surface area contributed by atoms with E-state index in [4.69, 9.17) is 4.74 Å². The maximum atomic E-state index is 5.58. The van der Waals surface area contributed by atoms with Gasteiger partial charge in [-0.1, -0.05) is 6.08 Å². The maximum Gasteiger partial charge on any atom is 0.0699 e. The Morgan fingerprint density at radius 2 is 2.50 bits per heavy atom. The number of hydrogen-bond donors (Lipinski definition) is 1. The molecular weight excluding hydrogens is 150 g/mol. The van der Waals surface area contributed by atoms with Crippen molar-refractivity contribution in [3.8, 4) is 0 Å². The molecule has 1 aliphatic rings. The Kier molecular flexibility index (Phi) is 4.33. The smallest absolute Gasteiger partial charge is 0.0699 e. The third kappa shape index (κ3) is 3.37. The molecule has 0 bridgehead atoms. The molecule has 1 N–H and O–H groups in total. The van der Waals surface area contributed by atoms with Gasteiger partial charge in [-0.3, -0.25) is 0 Å². The predicted octanol–water partition coefficient (Wildman–Crippen LogP) is 1.72. The molecule has 2 nitrogen and oxygen atoms in total. The van der Waals surface area contributed by atoms with Gasteiger partial charge in [0.1, 0.15) is 0 Å². The van der Waals surface area contributed by atoms with Gasteiger partial charge in [0, 0.05) is 19.2 Å². The lowest BCUT2D eigenvalue weighted by molar-refractivity contribution is 0.0163. The van der Waals surface area contributed by atoms with Crippen molar-refractivity contribution in [1.82, 2.24) is 5.32 Å². The lowest BCUT2D eigenvalue weighted by Crippen LogP contribution is -2.35. The molecule has 0 spiro atoms. The minimum Gasteiger partial charge on any atom is -0.377 e. The van der Waals surface area contributed by atoms with Gasteiger partial charge in [0.2, 0.25) is 0 Å². The second-order valence-corrected chi connectivity index (χ2v) is 3.42. The molecule has 1 heterocycles. The van der Waals surface area contributed by atoms with Crippen LogP contribution in [0.1, 0.15) is 26.2 Å². The molecule has 0 aromatic carbocycles. The van der Waals surface area contributed by atoms with Crippen molar-refractivity contribution in [2.75, 3.05) is 13.2 Å². The summed E-state index contributed by atoms with van der Waals surface area (Å²) < 4.78 is 5.58. The molecule has 0 aromatic heterocycles. The SMILES string of the molecule is C=CC(C)NCC1CCCCO1. The van der Waals surface area contributed by atoms with Gasteiger partial charge < -0.3 is 10.1 Å². The molecule has 2 heteroatoms. The zero-order valence-electron chi connectivity index (χ0n) is 7.88. The topological polar surface area (TPSA) is 21.3 Å². The first-order valence-corrected chi connectivity index (χ1v) is 4.80. The number of nitrogens with one attached hydrogen (secondary N) is 1. The Morgan fingerprint density at radius 3 is 3.08 bits per heavy atom. The monoisotopic (exact) mass is 169 g/mol. The van der Waals surface area contributed by atoms with Gasteiger partial charge in [-0.15, -0.1) is 6.58 Å². The average Bonchev–Trinajstić information content (AvgIpc) is 2.16. The zero-order chi connectivity index (χ0) is 8.81. The fraction of sp³-hybridized carbons (Fsp3) is 0.800. The highest BCUT2D eigenvalue weighted by molar-refractivity contribution is 4.82. The van der Waals surface area contributed by atoms with E-state index in [2.05, 4.69) is 18.8 Å². The predicted molar refractivity (Wildman–Crippen MR) is 51.3 cm³/mol. The van der Waals surface area contributed by atoms with Crippen molar-refractivity contribution in [1.29, 1.82) is 0 Å². The van der Waals surface area contributed by atoms with Crippen molar-refractivity contribution < 1.29 is 4.74 Å². The summed E-state index contributed by atoms with van der Waals surface area (Å²) >= 11 is 0. The highest BCUT2D eigenvalue weighted by Gasteiger charge is 2.13. The van der Waals surface area contributed by atoms with Crippen LogP contribution in [0.3, 0.4) is 0 Å². The van der Waals surface area contributed by atoms with Crippen LogP contribution in [0, 0.1) is 0 Å². The molecular formula is C10H19NO. The van der Waals surface area contributed by atoms with Crippen LogP contribution in [-0.2, 0) is 4.74 Å². The van der Waals surface area contributed by atoms with Crippen LogP contribution < -0.4 is 5.32 Å². The van der Waals surface area contributed by atoms with Crippen LogP contribution in [0.5, 0.6) is 0 Å². The largest absolute Gasteiger partial charge is 0.377 e. The third-order valence-electron chi connectivity index (χ3n) is 2.30. The summed E-state index contributed by atoms with van der Waals surface area (Å²) in [5.41, 5.74) is 0. The van der Waals surface area contributed by atoms with Crippen molar-refractivity contribution in [2.24, 2.45) is 0 Å². The molecule has 0 saturated carbocycles. The van der Waals surface area contributed by atoms with Crippen LogP contribution in [0.2, 0.25) is 0 Å². The maximum absolute atomic E-state index is 5.58. The Labute approximate surface area is 75.0 Å². The van der Waals surface area contributed by atoms with Gasteiger partial charge in [-0.05, 0) is 26.2 Å². The molecule has 1 fully saturated rings. The van der Waals surface area contributed by atoms with E-state index in [9.17, 15) is 0 Å². The zero-order valence-corrected chi connectivity index (χ0v) is 7.88. The Morgan fingerprint density at radius 1 is 1.67 bits per heavy atom. The Hall–Kier alpha value is -0.340. The highest BCUT2D eigenvalue weighted by Crippen LogP contribution is 2.11. The first-order valence-electron chi connectivity index (χ1n) is 4.80. The molecule has 70 valence electrons.